The van der Waals surface area contributed by atoms with Crippen LogP contribution in [0.5, 0.6) is 0 Å². The normalized spacial score (nSPS) is 14.9. The second-order valence-corrected chi connectivity index (χ2v) is 4.99. The number of rotatable bonds is 5. The fourth-order valence-electron chi connectivity index (χ4n) is 0.909. The van der Waals surface area contributed by atoms with Crippen LogP contribution >= 0.6 is 0 Å². The predicted molar refractivity (Wildman–Crippen MR) is 59.6 cm³/mol. The van der Waals surface area contributed by atoms with Crippen LogP contribution in [0, 0.1) is 5.92 Å². The van der Waals surface area contributed by atoms with Gasteiger partial charge >= 0.3 is 5.97 Å². The van der Waals surface area contributed by atoms with Crippen LogP contribution in [0.2, 0.25) is 0 Å². The fraction of sp³-hybridized carbons (Fsp3) is 0.909. The van der Waals surface area contributed by atoms with Crippen molar-refractivity contribution in [1.29, 1.82) is 0 Å². The van der Waals surface area contributed by atoms with Crippen molar-refractivity contribution < 1.29 is 14.6 Å². The third-order valence-electron chi connectivity index (χ3n) is 2.98. The van der Waals surface area contributed by atoms with E-state index >= 15 is 0 Å². The number of carbonyl (C=O) groups is 1. The lowest BCUT2D eigenvalue weighted by molar-refractivity contribution is -0.145. The molecule has 0 saturated heterocycles. The molecule has 0 spiro atoms. The molecule has 0 saturated carbocycles. The number of hydrogen-bond acceptors (Lipinski definition) is 4. The Hall–Kier alpha value is -0.610. The molecule has 4 heteroatoms. The molecule has 0 aliphatic rings. The molecule has 0 radical (unpaired) electrons. The van der Waals surface area contributed by atoms with Crippen molar-refractivity contribution in [2.45, 2.75) is 45.8 Å². The Morgan fingerprint density at radius 1 is 1.40 bits per heavy atom. The molecule has 0 rings (SSSR count). The van der Waals surface area contributed by atoms with Gasteiger partial charge in [0.25, 0.3) is 0 Å². The van der Waals surface area contributed by atoms with Crippen LogP contribution in [0.1, 0.15) is 34.6 Å². The number of nitrogens with one attached hydrogen (secondary N) is 1. The highest BCUT2D eigenvalue weighted by Gasteiger charge is 2.35. The van der Waals surface area contributed by atoms with Gasteiger partial charge in [-0.1, -0.05) is 6.92 Å². The fourth-order valence-corrected chi connectivity index (χ4v) is 0.909. The summed E-state index contributed by atoms with van der Waals surface area (Å²) in [5, 5.41) is 13.0. The molecule has 0 aliphatic heterocycles. The van der Waals surface area contributed by atoms with Gasteiger partial charge in [0.15, 0.2) is 0 Å². The van der Waals surface area contributed by atoms with E-state index in [4.69, 9.17) is 0 Å². The molecule has 2 N–H and O–H groups in total. The van der Waals surface area contributed by atoms with E-state index < -0.39 is 11.1 Å². The standard InChI is InChI=1S/C11H23NO3/c1-8(9(13)15-6)7-12-10(2,3)11(4,5)14/h8,12,14H,7H2,1-6H3. The molecule has 0 aromatic carbocycles. The van der Waals surface area contributed by atoms with Gasteiger partial charge in [-0.25, -0.2) is 0 Å². The summed E-state index contributed by atoms with van der Waals surface area (Å²) in [4.78, 5) is 11.2. The average Bonchev–Trinajstić information content (AvgIpc) is 2.11. The molecule has 90 valence electrons. The zero-order chi connectivity index (χ0) is 12.3. The van der Waals surface area contributed by atoms with E-state index in [9.17, 15) is 9.90 Å². The number of carbonyl (C=O) groups excluding carboxylic acids is 1. The molecule has 4 nitrogen and oxygen atoms in total. The van der Waals surface area contributed by atoms with Gasteiger partial charge in [-0.3, -0.25) is 4.79 Å². The van der Waals surface area contributed by atoms with Crippen molar-refractivity contribution in [3.05, 3.63) is 0 Å². The third kappa shape index (κ3) is 4.18. The van der Waals surface area contributed by atoms with E-state index in [2.05, 4.69) is 10.1 Å². The van der Waals surface area contributed by atoms with Gasteiger partial charge in [0.1, 0.15) is 0 Å². The molecule has 0 bridgehead atoms. The second kappa shape index (κ2) is 4.94. The summed E-state index contributed by atoms with van der Waals surface area (Å²) >= 11 is 0. The van der Waals surface area contributed by atoms with Gasteiger partial charge in [0.05, 0.1) is 18.6 Å². The molecule has 0 aromatic heterocycles. The van der Waals surface area contributed by atoms with E-state index in [0.29, 0.717) is 6.54 Å². The highest BCUT2D eigenvalue weighted by atomic mass is 16.5. The summed E-state index contributed by atoms with van der Waals surface area (Å²) in [5.74, 6) is -0.453. The lowest BCUT2D eigenvalue weighted by atomic mass is 9.85. The lowest BCUT2D eigenvalue weighted by Gasteiger charge is -2.38. The van der Waals surface area contributed by atoms with E-state index in [1.807, 2.05) is 13.8 Å². The Morgan fingerprint density at radius 3 is 2.20 bits per heavy atom. The largest absolute Gasteiger partial charge is 0.469 e. The molecule has 0 amide bonds. The summed E-state index contributed by atoms with van der Waals surface area (Å²) in [6.45, 7) is 9.56. The SMILES string of the molecule is COC(=O)C(C)CNC(C)(C)C(C)(C)O. The van der Waals surface area contributed by atoms with Crippen LogP contribution < -0.4 is 5.32 Å². The topological polar surface area (TPSA) is 58.6 Å². The third-order valence-corrected chi connectivity index (χ3v) is 2.98. The summed E-state index contributed by atoms with van der Waals surface area (Å²) < 4.78 is 4.62. The van der Waals surface area contributed by atoms with Gasteiger partial charge < -0.3 is 15.2 Å². The van der Waals surface area contributed by atoms with E-state index in [-0.39, 0.29) is 11.9 Å². The maximum atomic E-state index is 11.2. The molecular weight excluding hydrogens is 194 g/mol. The van der Waals surface area contributed by atoms with Gasteiger partial charge in [0.2, 0.25) is 0 Å². The van der Waals surface area contributed by atoms with Crippen molar-refractivity contribution in [1.82, 2.24) is 5.32 Å². The van der Waals surface area contributed by atoms with Gasteiger partial charge in [-0.05, 0) is 27.7 Å². The van der Waals surface area contributed by atoms with Crippen molar-refractivity contribution in [2.75, 3.05) is 13.7 Å². The zero-order valence-corrected chi connectivity index (χ0v) is 10.5. The van der Waals surface area contributed by atoms with Crippen LogP contribution in [0.4, 0.5) is 0 Å². The highest BCUT2D eigenvalue weighted by molar-refractivity contribution is 5.72. The Bertz CT molecular complexity index is 218. The first-order valence-corrected chi connectivity index (χ1v) is 5.17. The minimum absolute atomic E-state index is 0.211. The molecular formula is C11H23NO3. The van der Waals surface area contributed by atoms with Gasteiger partial charge in [-0.15, -0.1) is 0 Å². The summed E-state index contributed by atoms with van der Waals surface area (Å²) in [6, 6.07) is 0. The van der Waals surface area contributed by atoms with Crippen LogP contribution in [0.3, 0.4) is 0 Å². The van der Waals surface area contributed by atoms with Crippen LogP contribution in [-0.4, -0.2) is 35.9 Å². The molecule has 1 atom stereocenters. The quantitative estimate of drug-likeness (QED) is 0.673. The molecule has 1 unspecified atom stereocenters. The van der Waals surface area contributed by atoms with E-state index in [1.165, 1.54) is 7.11 Å². The van der Waals surface area contributed by atoms with E-state index in [1.54, 1.807) is 20.8 Å². The number of ether oxygens (including phenoxy) is 1. The van der Waals surface area contributed by atoms with Crippen LogP contribution in [-0.2, 0) is 9.53 Å². The summed E-state index contributed by atoms with van der Waals surface area (Å²) in [5.41, 5.74) is -1.29. The van der Waals surface area contributed by atoms with Gasteiger partial charge in [0, 0.05) is 12.1 Å². The average molecular weight is 217 g/mol. The molecule has 0 heterocycles. The summed E-state index contributed by atoms with van der Waals surface area (Å²) in [7, 11) is 1.37. The molecule has 15 heavy (non-hydrogen) atoms. The van der Waals surface area contributed by atoms with Gasteiger partial charge in [-0.2, -0.15) is 0 Å². The van der Waals surface area contributed by atoms with Crippen LogP contribution in [0.15, 0.2) is 0 Å². The summed E-state index contributed by atoms with van der Waals surface area (Å²) in [6.07, 6.45) is 0. The maximum Gasteiger partial charge on any atom is 0.309 e. The number of hydrogen-bond donors (Lipinski definition) is 2. The van der Waals surface area contributed by atoms with Crippen molar-refractivity contribution >= 4 is 5.97 Å². The van der Waals surface area contributed by atoms with Crippen LogP contribution in [0.25, 0.3) is 0 Å². The lowest BCUT2D eigenvalue weighted by Crippen LogP contribution is -2.57. The number of esters is 1. The van der Waals surface area contributed by atoms with E-state index in [0.717, 1.165) is 0 Å². The van der Waals surface area contributed by atoms with Crippen molar-refractivity contribution in [2.24, 2.45) is 5.92 Å². The van der Waals surface area contributed by atoms with Crippen molar-refractivity contribution in [3.63, 3.8) is 0 Å². The second-order valence-electron chi connectivity index (χ2n) is 4.99. The first kappa shape index (κ1) is 14.4. The number of methoxy groups -OCH3 is 1. The first-order chi connectivity index (χ1) is 6.62. The smallest absolute Gasteiger partial charge is 0.309 e. The molecule has 0 fully saturated rings. The van der Waals surface area contributed by atoms with Crippen molar-refractivity contribution in [3.8, 4) is 0 Å². The predicted octanol–water partition coefficient (Wildman–Crippen LogP) is 0.935. The molecule has 0 aromatic rings. The Kier molecular flexibility index (Phi) is 4.74. The highest BCUT2D eigenvalue weighted by Crippen LogP contribution is 2.20. The first-order valence-electron chi connectivity index (χ1n) is 5.17. The minimum atomic E-state index is -0.844. The Balaban J connectivity index is 4.22. The minimum Gasteiger partial charge on any atom is -0.469 e. The molecule has 0 aliphatic carbocycles. The maximum absolute atomic E-state index is 11.2. The number of aliphatic hydroxyl groups is 1. The Labute approximate surface area is 92.0 Å². The monoisotopic (exact) mass is 217 g/mol. The Morgan fingerprint density at radius 2 is 1.87 bits per heavy atom. The zero-order valence-electron chi connectivity index (χ0n) is 10.5.